The van der Waals surface area contributed by atoms with E-state index in [0.717, 1.165) is 38.5 Å². The van der Waals surface area contributed by atoms with Crippen LogP contribution >= 0.6 is 0 Å². The molecule has 338 valence electrons. The van der Waals surface area contributed by atoms with E-state index in [2.05, 4.69) is 13.8 Å². The fourth-order valence-corrected chi connectivity index (χ4v) is 7.34. The maximum atomic E-state index is 12.9. The van der Waals surface area contributed by atoms with Crippen LogP contribution in [-0.4, -0.2) is 142 Å². The fourth-order valence-electron chi connectivity index (χ4n) is 7.34. The summed E-state index contributed by atoms with van der Waals surface area (Å²) in [4.78, 5) is 12.9. The molecule has 2 aliphatic rings. The van der Waals surface area contributed by atoms with E-state index in [1.54, 1.807) is 0 Å². The molecule has 0 saturated carbocycles. The molecule has 2 fully saturated rings. The summed E-state index contributed by atoms with van der Waals surface area (Å²) >= 11 is 0. The first-order chi connectivity index (χ1) is 27.6. The van der Waals surface area contributed by atoms with Crippen molar-refractivity contribution in [2.45, 2.75) is 235 Å². The number of rotatable bonds is 35. The van der Waals surface area contributed by atoms with Crippen LogP contribution in [0.5, 0.6) is 0 Å². The Morgan fingerprint density at radius 2 is 0.930 bits per heavy atom. The Labute approximate surface area is 342 Å². The van der Waals surface area contributed by atoms with Crippen molar-refractivity contribution < 1.29 is 69.0 Å². The first-order valence-electron chi connectivity index (χ1n) is 22.6. The predicted octanol–water partition coefficient (Wildman–Crippen LogP) is 4.96. The summed E-state index contributed by atoms with van der Waals surface area (Å²) in [6.45, 7) is 3.64. The van der Waals surface area contributed by atoms with Gasteiger partial charge in [0.2, 0.25) is 0 Å². The standard InChI is InChI=1S/C43H82O14/c1-3-5-7-9-11-12-13-14-15-16-17-18-19-20-21-22-24-26-35(45)55-32(29-52-27-25-23-10-8-6-4-2)30-53-42-41(51)39(49)37(47)34(57-42)31-54-43-40(50)38(48)36(46)33(28-44)56-43/h32-34,36-44,46-51H,3-31H2,1-2H3. The van der Waals surface area contributed by atoms with Gasteiger partial charge in [-0.1, -0.05) is 149 Å². The Morgan fingerprint density at radius 3 is 1.42 bits per heavy atom. The number of carbonyl (C=O) groups excluding carboxylic acids is 1. The Morgan fingerprint density at radius 1 is 0.509 bits per heavy atom. The van der Waals surface area contributed by atoms with E-state index in [4.69, 9.17) is 28.4 Å². The average molecular weight is 823 g/mol. The molecule has 14 nitrogen and oxygen atoms in total. The molecule has 0 aromatic carbocycles. The van der Waals surface area contributed by atoms with Gasteiger partial charge in [0.05, 0.1) is 26.4 Å². The molecular weight excluding hydrogens is 740 g/mol. The van der Waals surface area contributed by atoms with Crippen molar-refractivity contribution in [1.29, 1.82) is 0 Å². The summed E-state index contributed by atoms with van der Waals surface area (Å²) in [6.07, 6.45) is 12.0. The lowest BCUT2D eigenvalue weighted by Crippen LogP contribution is -2.61. The number of unbranched alkanes of at least 4 members (excludes halogenated alkanes) is 21. The third-order valence-electron chi connectivity index (χ3n) is 11.1. The molecule has 0 aromatic rings. The highest BCUT2D eigenvalue weighted by Gasteiger charge is 2.47. The molecule has 7 N–H and O–H groups in total. The molecule has 0 bridgehead atoms. The van der Waals surface area contributed by atoms with Gasteiger partial charge in [0.15, 0.2) is 12.6 Å². The van der Waals surface area contributed by atoms with Crippen molar-refractivity contribution in [3.63, 3.8) is 0 Å². The molecule has 11 unspecified atom stereocenters. The molecule has 2 aliphatic heterocycles. The Balaban J connectivity index is 1.75. The minimum atomic E-state index is -1.70. The van der Waals surface area contributed by atoms with Crippen LogP contribution in [0.2, 0.25) is 0 Å². The molecule has 0 spiro atoms. The first-order valence-corrected chi connectivity index (χ1v) is 22.6. The Bertz CT molecular complexity index is 959. The summed E-state index contributed by atoms with van der Waals surface area (Å²) in [7, 11) is 0. The van der Waals surface area contributed by atoms with Gasteiger partial charge >= 0.3 is 5.97 Å². The van der Waals surface area contributed by atoms with Crippen LogP contribution in [0.1, 0.15) is 168 Å². The molecule has 57 heavy (non-hydrogen) atoms. The third kappa shape index (κ3) is 21.9. The van der Waals surface area contributed by atoms with Crippen LogP contribution in [-0.2, 0) is 33.2 Å². The van der Waals surface area contributed by atoms with Crippen molar-refractivity contribution in [3.8, 4) is 0 Å². The van der Waals surface area contributed by atoms with E-state index < -0.39 is 80.7 Å². The van der Waals surface area contributed by atoms with Gasteiger partial charge in [-0.3, -0.25) is 4.79 Å². The summed E-state index contributed by atoms with van der Waals surface area (Å²) in [5, 5.41) is 71.7. The Hall–Kier alpha value is -1.01. The molecule has 0 aromatic heterocycles. The van der Waals surface area contributed by atoms with Crippen LogP contribution in [0.3, 0.4) is 0 Å². The van der Waals surface area contributed by atoms with Crippen LogP contribution < -0.4 is 0 Å². The molecule has 0 radical (unpaired) electrons. The zero-order valence-corrected chi connectivity index (χ0v) is 35.3. The summed E-state index contributed by atoms with van der Waals surface area (Å²) < 4.78 is 34.0. The number of carbonyl (C=O) groups is 1. The monoisotopic (exact) mass is 823 g/mol. The van der Waals surface area contributed by atoms with Gasteiger partial charge in [-0.05, 0) is 12.8 Å². The molecule has 2 heterocycles. The van der Waals surface area contributed by atoms with Crippen LogP contribution in [0, 0.1) is 0 Å². The quantitative estimate of drug-likeness (QED) is 0.0333. The lowest BCUT2D eigenvalue weighted by molar-refractivity contribution is -0.332. The average Bonchev–Trinajstić information content (AvgIpc) is 3.20. The molecular formula is C43H82O14. The SMILES string of the molecule is CCCCCCCCCCCCCCCCCCCC(=O)OC(COCCCCCCCC)COC1OC(COC2OC(CO)C(O)C(O)C2O)C(O)C(O)C1O. The van der Waals surface area contributed by atoms with E-state index in [9.17, 15) is 40.5 Å². The van der Waals surface area contributed by atoms with Crippen molar-refractivity contribution in [2.24, 2.45) is 0 Å². The number of esters is 1. The highest BCUT2D eigenvalue weighted by Crippen LogP contribution is 2.26. The minimum absolute atomic E-state index is 0.0669. The highest BCUT2D eigenvalue weighted by atomic mass is 16.7. The fraction of sp³-hybridized carbons (Fsp3) is 0.977. The van der Waals surface area contributed by atoms with Gasteiger partial charge in [-0.25, -0.2) is 0 Å². The molecule has 2 saturated heterocycles. The second-order valence-corrected chi connectivity index (χ2v) is 16.2. The van der Waals surface area contributed by atoms with Crippen molar-refractivity contribution >= 4 is 5.97 Å². The topological polar surface area (TPSA) is 214 Å². The molecule has 14 heteroatoms. The van der Waals surface area contributed by atoms with Gasteiger partial charge in [0.25, 0.3) is 0 Å². The smallest absolute Gasteiger partial charge is 0.306 e. The molecule has 11 atom stereocenters. The maximum Gasteiger partial charge on any atom is 0.306 e. The summed E-state index contributed by atoms with van der Waals surface area (Å²) in [5.74, 6) is -0.376. The van der Waals surface area contributed by atoms with Crippen LogP contribution in [0.15, 0.2) is 0 Å². The lowest BCUT2D eigenvalue weighted by Gasteiger charge is -2.42. The number of aliphatic hydroxyl groups excluding tert-OH is 7. The van der Waals surface area contributed by atoms with Crippen molar-refractivity contribution in [3.05, 3.63) is 0 Å². The third-order valence-corrected chi connectivity index (χ3v) is 11.1. The molecule has 2 rings (SSSR count). The normalized spacial score (nSPS) is 28.4. The second kappa shape index (κ2) is 32.7. The first kappa shape index (κ1) is 52.1. The van der Waals surface area contributed by atoms with Crippen molar-refractivity contribution in [1.82, 2.24) is 0 Å². The van der Waals surface area contributed by atoms with Crippen LogP contribution in [0.4, 0.5) is 0 Å². The second-order valence-electron chi connectivity index (χ2n) is 16.2. The van der Waals surface area contributed by atoms with Gasteiger partial charge < -0.3 is 64.2 Å². The predicted molar refractivity (Wildman–Crippen MR) is 215 cm³/mol. The largest absolute Gasteiger partial charge is 0.457 e. The van der Waals surface area contributed by atoms with E-state index in [1.165, 1.54) is 103 Å². The zero-order chi connectivity index (χ0) is 41.7. The van der Waals surface area contributed by atoms with Gasteiger partial charge in [-0.15, -0.1) is 0 Å². The van der Waals surface area contributed by atoms with Crippen molar-refractivity contribution in [2.75, 3.05) is 33.0 Å². The lowest BCUT2D eigenvalue weighted by atomic mass is 9.98. The summed E-state index contributed by atoms with van der Waals surface area (Å²) in [5.41, 5.74) is 0. The van der Waals surface area contributed by atoms with Gasteiger partial charge in [-0.2, -0.15) is 0 Å². The van der Waals surface area contributed by atoms with Crippen LogP contribution in [0.25, 0.3) is 0 Å². The van der Waals surface area contributed by atoms with E-state index in [0.29, 0.717) is 13.0 Å². The summed E-state index contributed by atoms with van der Waals surface area (Å²) in [6, 6.07) is 0. The minimum Gasteiger partial charge on any atom is -0.457 e. The van der Waals surface area contributed by atoms with E-state index >= 15 is 0 Å². The number of hydrogen-bond donors (Lipinski definition) is 7. The molecule has 0 aliphatic carbocycles. The number of aliphatic hydroxyl groups is 7. The number of ether oxygens (including phenoxy) is 6. The molecule has 0 amide bonds. The highest BCUT2D eigenvalue weighted by molar-refractivity contribution is 5.69. The number of hydrogen-bond acceptors (Lipinski definition) is 14. The van der Waals surface area contributed by atoms with Gasteiger partial charge in [0, 0.05) is 13.0 Å². The Kier molecular flexibility index (Phi) is 29.9. The maximum absolute atomic E-state index is 12.9. The van der Waals surface area contributed by atoms with E-state index in [1.807, 2.05) is 0 Å². The zero-order valence-electron chi connectivity index (χ0n) is 35.3. The van der Waals surface area contributed by atoms with Gasteiger partial charge in [0.1, 0.15) is 54.9 Å². The van der Waals surface area contributed by atoms with E-state index in [-0.39, 0.29) is 25.6 Å².